The lowest BCUT2D eigenvalue weighted by atomic mass is 9.80. The summed E-state index contributed by atoms with van der Waals surface area (Å²) in [6, 6.07) is 4.53. The minimum absolute atomic E-state index is 0.111. The summed E-state index contributed by atoms with van der Waals surface area (Å²) in [6.45, 7) is 6.46. The molecule has 0 bridgehead atoms. The molecule has 0 aromatic rings. The Labute approximate surface area is 129 Å². The summed E-state index contributed by atoms with van der Waals surface area (Å²) in [7, 11) is 0. The molecular weight excluding hydrogens is 256 g/mol. The van der Waals surface area contributed by atoms with Crippen LogP contribution in [0.15, 0.2) is 34.9 Å². The van der Waals surface area contributed by atoms with Crippen molar-refractivity contribution in [3.63, 3.8) is 0 Å². The maximum atomic E-state index is 9.12. The fourth-order valence-electron chi connectivity index (χ4n) is 2.64. The maximum Gasteiger partial charge on any atom is 0.0673 e. The molecule has 0 aromatic heterocycles. The molecule has 2 unspecified atom stereocenters. The van der Waals surface area contributed by atoms with Crippen LogP contribution in [-0.2, 0) is 0 Å². The van der Waals surface area contributed by atoms with E-state index in [2.05, 4.69) is 51.1 Å². The van der Waals surface area contributed by atoms with Crippen molar-refractivity contribution >= 4 is 0 Å². The molecule has 0 heterocycles. The average Bonchev–Trinajstić information content (AvgIpc) is 2.46. The second kappa shape index (κ2) is 9.19. The normalized spacial score (nSPS) is 22.0. The summed E-state index contributed by atoms with van der Waals surface area (Å²) in [5, 5.41) is 18.1. The van der Waals surface area contributed by atoms with Crippen molar-refractivity contribution in [2.24, 2.45) is 11.8 Å². The quantitative estimate of drug-likeness (QED) is 0.607. The van der Waals surface area contributed by atoms with Gasteiger partial charge in [-0.1, -0.05) is 34.9 Å². The van der Waals surface area contributed by atoms with Crippen LogP contribution in [-0.4, -0.2) is 0 Å². The van der Waals surface area contributed by atoms with Gasteiger partial charge in [-0.15, -0.1) is 0 Å². The van der Waals surface area contributed by atoms with Crippen LogP contribution < -0.4 is 0 Å². The van der Waals surface area contributed by atoms with Crippen LogP contribution >= 0.6 is 0 Å². The van der Waals surface area contributed by atoms with Gasteiger partial charge in [0, 0.05) is 0 Å². The minimum Gasteiger partial charge on any atom is -0.198 e. The standard InChI is InChI=1S/C19H26N2/c1-15(2)6-4-7-16(3)8-5-9-17-10-11-18(13-20)19(12-17)14-21/h6,8,10,18-19H,4-5,7,9,11-12H2,1-3H3/b16-8+. The molecule has 2 atom stereocenters. The van der Waals surface area contributed by atoms with Crippen molar-refractivity contribution < 1.29 is 0 Å². The van der Waals surface area contributed by atoms with E-state index in [4.69, 9.17) is 10.5 Å². The highest BCUT2D eigenvalue weighted by Gasteiger charge is 2.25. The zero-order chi connectivity index (χ0) is 15.7. The summed E-state index contributed by atoms with van der Waals surface area (Å²) in [6.07, 6.45) is 12.6. The summed E-state index contributed by atoms with van der Waals surface area (Å²) in [5.41, 5.74) is 4.17. The molecule has 0 radical (unpaired) electrons. The van der Waals surface area contributed by atoms with Gasteiger partial charge < -0.3 is 0 Å². The molecular formula is C19H26N2. The number of nitriles is 2. The molecule has 1 aliphatic carbocycles. The van der Waals surface area contributed by atoms with Gasteiger partial charge in [-0.3, -0.25) is 0 Å². The van der Waals surface area contributed by atoms with Crippen LogP contribution in [0.25, 0.3) is 0 Å². The zero-order valence-corrected chi connectivity index (χ0v) is 13.5. The van der Waals surface area contributed by atoms with Crippen LogP contribution in [0.4, 0.5) is 0 Å². The van der Waals surface area contributed by atoms with Gasteiger partial charge in [0.1, 0.15) is 0 Å². The van der Waals surface area contributed by atoms with E-state index in [0.29, 0.717) is 0 Å². The Morgan fingerprint density at radius 1 is 1.14 bits per heavy atom. The van der Waals surface area contributed by atoms with Crippen molar-refractivity contribution in [2.45, 2.75) is 59.3 Å². The van der Waals surface area contributed by atoms with Gasteiger partial charge in [0.15, 0.2) is 0 Å². The molecule has 0 spiro atoms. The molecule has 0 fully saturated rings. The molecule has 0 aliphatic heterocycles. The second-order valence-corrected chi connectivity index (χ2v) is 6.18. The van der Waals surface area contributed by atoms with E-state index in [-0.39, 0.29) is 11.8 Å². The van der Waals surface area contributed by atoms with Gasteiger partial charge in [-0.25, -0.2) is 0 Å². The molecule has 1 rings (SSSR count). The highest BCUT2D eigenvalue weighted by Crippen LogP contribution is 2.31. The highest BCUT2D eigenvalue weighted by atomic mass is 14.4. The smallest absolute Gasteiger partial charge is 0.0673 e. The van der Waals surface area contributed by atoms with Crippen molar-refractivity contribution in [1.29, 1.82) is 10.5 Å². The largest absolute Gasteiger partial charge is 0.198 e. The Hall–Kier alpha value is -1.80. The van der Waals surface area contributed by atoms with E-state index in [1.165, 1.54) is 16.7 Å². The first kappa shape index (κ1) is 17.3. The van der Waals surface area contributed by atoms with Crippen LogP contribution in [0.2, 0.25) is 0 Å². The predicted octanol–water partition coefficient (Wildman–Crippen LogP) is 5.46. The fourth-order valence-corrected chi connectivity index (χ4v) is 2.64. The Morgan fingerprint density at radius 3 is 2.48 bits per heavy atom. The summed E-state index contributed by atoms with van der Waals surface area (Å²) in [5.74, 6) is -0.224. The lowest BCUT2D eigenvalue weighted by Gasteiger charge is -2.21. The first-order valence-electron chi connectivity index (χ1n) is 7.83. The summed E-state index contributed by atoms with van der Waals surface area (Å²) >= 11 is 0. The Balaban J connectivity index is 2.39. The molecule has 0 amide bonds. The van der Waals surface area contributed by atoms with E-state index in [9.17, 15) is 0 Å². The van der Waals surface area contributed by atoms with Crippen LogP contribution in [0.5, 0.6) is 0 Å². The van der Waals surface area contributed by atoms with Gasteiger partial charge in [-0.05, 0) is 59.3 Å². The monoisotopic (exact) mass is 282 g/mol. The third kappa shape index (κ3) is 6.46. The minimum atomic E-state index is -0.113. The third-order valence-electron chi connectivity index (χ3n) is 4.01. The Bertz CT molecular complexity index is 505. The molecule has 112 valence electrons. The highest BCUT2D eigenvalue weighted by molar-refractivity contribution is 5.17. The van der Waals surface area contributed by atoms with E-state index in [1.807, 2.05) is 0 Å². The van der Waals surface area contributed by atoms with Crippen molar-refractivity contribution in [1.82, 2.24) is 0 Å². The molecule has 1 aliphatic rings. The number of nitrogens with zero attached hydrogens (tertiary/aromatic N) is 2. The molecule has 0 N–H and O–H groups in total. The average molecular weight is 282 g/mol. The van der Waals surface area contributed by atoms with E-state index < -0.39 is 0 Å². The Morgan fingerprint density at radius 2 is 1.86 bits per heavy atom. The molecule has 0 saturated heterocycles. The molecule has 21 heavy (non-hydrogen) atoms. The van der Waals surface area contributed by atoms with Gasteiger partial charge in [0.05, 0.1) is 24.0 Å². The predicted molar refractivity (Wildman–Crippen MR) is 87.2 cm³/mol. The topological polar surface area (TPSA) is 47.6 Å². The van der Waals surface area contributed by atoms with Crippen LogP contribution in [0.1, 0.15) is 59.3 Å². The van der Waals surface area contributed by atoms with Crippen molar-refractivity contribution in [3.05, 3.63) is 34.9 Å². The van der Waals surface area contributed by atoms with Crippen LogP contribution in [0, 0.1) is 34.5 Å². The Kier molecular flexibility index (Phi) is 7.55. The van der Waals surface area contributed by atoms with E-state index in [0.717, 1.165) is 38.5 Å². The zero-order valence-electron chi connectivity index (χ0n) is 13.5. The number of hydrogen-bond acceptors (Lipinski definition) is 2. The number of rotatable bonds is 6. The first-order valence-corrected chi connectivity index (χ1v) is 7.83. The lowest BCUT2D eigenvalue weighted by molar-refractivity contribution is 0.464. The van der Waals surface area contributed by atoms with Crippen molar-refractivity contribution in [3.8, 4) is 12.1 Å². The molecule has 2 nitrogen and oxygen atoms in total. The molecule has 0 saturated carbocycles. The summed E-state index contributed by atoms with van der Waals surface area (Å²) in [4.78, 5) is 0. The fraction of sp³-hybridized carbons (Fsp3) is 0.579. The molecule has 0 aromatic carbocycles. The van der Waals surface area contributed by atoms with Crippen LogP contribution in [0.3, 0.4) is 0 Å². The van der Waals surface area contributed by atoms with Gasteiger partial charge in [-0.2, -0.15) is 10.5 Å². The SMILES string of the molecule is CC(C)=CCC/C(C)=C/CCC1=CCC(C#N)C(C#N)C1. The molecule has 2 heteroatoms. The first-order chi connectivity index (χ1) is 10.1. The summed E-state index contributed by atoms with van der Waals surface area (Å²) < 4.78 is 0. The van der Waals surface area contributed by atoms with Crippen molar-refractivity contribution in [2.75, 3.05) is 0 Å². The maximum absolute atomic E-state index is 9.12. The lowest BCUT2D eigenvalue weighted by Crippen LogP contribution is -2.16. The number of allylic oxidation sites excluding steroid dienone is 6. The van der Waals surface area contributed by atoms with E-state index in [1.54, 1.807) is 0 Å². The van der Waals surface area contributed by atoms with Gasteiger partial charge in [0.2, 0.25) is 0 Å². The third-order valence-corrected chi connectivity index (χ3v) is 4.01. The van der Waals surface area contributed by atoms with E-state index >= 15 is 0 Å². The second-order valence-electron chi connectivity index (χ2n) is 6.18. The number of hydrogen-bond donors (Lipinski definition) is 0. The van der Waals surface area contributed by atoms with Gasteiger partial charge in [0.25, 0.3) is 0 Å². The van der Waals surface area contributed by atoms with Gasteiger partial charge >= 0.3 is 0 Å².